The summed E-state index contributed by atoms with van der Waals surface area (Å²) >= 11 is 0. The molecular weight excluding hydrogens is 153 g/mol. The normalized spacial score (nSPS) is 3.45. The molecule has 0 saturated carbocycles. The maximum Gasteiger partial charge on any atom is 0.263 e. The van der Waals surface area contributed by atoms with Gasteiger partial charge in [0.2, 0.25) is 0 Å². The molecule has 0 radical (unpaired) electrons. The highest BCUT2D eigenvalue weighted by molar-refractivity contribution is 4.57. The van der Waals surface area contributed by atoms with Crippen LogP contribution in [0.3, 0.4) is 0 Å². The van der Waals surface area contributed by atoms with Crippen LogP contribution in [0.25, 0.3) is 0 Å². The molecule has 0 nitrogen and oxygen atoms in total. The molecular formula is C8H15F3. The fourth-order valence-electron chi connectivity index (χ4n) is 0. The van der Waals surface area contributed by atoms with Crippen molar-refractivity contribution >= 4 is 0 Å². The smallest absolute Gasteiger partial charge is 0.263 e. The van der Waals surface area contributed by atoms with Gasteiger partial charge >= 0.3 is 0 Å². The zero-order chi connectivity index (χ0) is 9.58. The minimum atomic E-state index is -1.83. The van der Waals surface area contributed by atoms with Crippen LogP contribution in [0.15, 0.2) is 52.1 Å². The third-order valence-electron chi connectivity index (χ3n) is 0. The van der Waals surface area contributed by atoms with Crippen molar-refractivity contribution < 1.29 is 13.5 Å². The third-order valence-corrected chi connectivity index (χ3v) is 0. The average Bonchev–Trinajstić information content (AvgIpc) is 1.98. The Bertz CT molecular complexity index is 53.6. The van der Waals surface area contributed by atoms with Crippen molar-refractivity contribution in [2.45, 2.75) is 0 Å². The molecule has 68 valence electrons. The van der Waals surface area contributed by atoms with Gasteiger partial charge in [0.15, 0.2) is 0 Å². The van der Waals surface area contributed by atoms with Gasteiger partial charge in [0.05, 0.1) is 0 Å². The molecule has 11 heavy (non-hydrogen) atoms. The average molecular weight is 168 g/mol. The minimum Gasteiger partial charge on any atom is -0.269 e. The maximum atomic E-state index is 10.1. The van der Waals surface area contributed by atoms with Gasteiger partial charge in [0.1, 0.15) is 0 Å². The largest absolute Gasteiger partial charge is 0.269 e. The van der Waals surface area contributed by atoms with Crippen LogP contribution in [0.4, 0.5) is 13.5 Å². The predicted octanol–water partition coefficient (Wildman–Crippen LogP) is 3.96. The van der Waals surface area contributed by atoms with E-state index in [1.165, 1.54) is 0 Å². The molecule has 0 amide bonds. The Balaban J connectivity index is -0.0000000152. The molecule has 0 unspecified atom stereocenters. The topological polar surface area (TPSA) is 0 Å². The van der Waals surface area contributed by atoms with Crippen molar-refractivity contribution in [2.75, 3.05) is 0 Å². The lowest BCUT2D eigenvalue weighted by Gasteiger charge is -1.54. The molecule has 0 rings (SSSR count). The summed E-state index contributed by atoms with van der Waals surface area (Å²) in [6.07, 6.45) is -1.83. The standard InChI is InChI=1S/C2H2F2.3C2H4.FH/c1-2(3)4;3*1-2;/h1H2;3*1-2H2;1H. The molecule has 0 aromatic heterocycles. The van der Waals surface area contributed by atoms with E-state index < -0.39 is 6.08 Å². The van der Waals surface area contributed by atoms with Crippen molar-refractivity contribution in [1.29, 1.82) is 0 Å². The van der Waals surface area contributed by atoms with Gasteiger partial charge in [-0.2, -0.15) is 8.78 Å². The molecule has 0 aromatic rings. The summed E-state index contributed by atoms with van der Waals surface area (Å²) in [6, 6.07) is 0. The minimum absolute atomic E-state index is 0. The second-order valence-corrected chi connectivity index (χ2v) is 0.339. The Kier molecular flexibility index (Phi) is 516. The van der Waals surface area contributed by atoms with Crippen LogP contribution in [-0.4, -0.2) is 0 Å². The van der Waals surface area contributed by atoms with E-state index in [4.69, 9.17) is 0 Å². The van der Waals surface area contributed by atoms with Crippen molar-refractivity contribution in [1.82, 2.24) is 0 Å². The summed E-state index contributed by atoms with van der Waals surface area (Å²) in [7, 11) is 0. The molecule has 0 aliphatic rings. The first-order valence-corrected chi connectivity index (χ1v) is 2.23. The molecule has 0 spiro atoms. The molecule has 0 heterocycles. The summed E-state index contributed by atoms with van der Waals surface area (Å²) < 4.78 is 20.3. The molecule has 0 saturated heterocycles. The van der Waals surface area contributed by atoms with Crippen LogP contribution >= 0.6 is 0 Å². The molecule has 0 fully saturated rings. The Labute approximate surface area is 66.6 Å². The first-order valence-electron chi connectivity index (χ1n) is 2.23. The Morgan fingerprint density at radius 1 is 0.727 bits per heavy atom. The van der Waals surface area contributed by atoms with E-state index in [2.05, 4.69) is 46.1 Å². The Morgan fingerprint density at radius 2 is 0.727 bits per heavy atom. The number of halogens is 3. The van der Waals surface area contributed by atoms with E-state index in [9.17, 15) is 8.78 Å². The number of hydrogen-bond acceptors (Lipinski definition) is 0. The molecule has 0 aromatic carbocycles. The highest BCUT2D eigenvalue weighted by Crippen LogP contribution is 1.85. The van der Waals surface area contributed by atoms with Crippen LogP contribution in [0.5, 0.6) is 0 Å². The van der Waals surface area contributed by atoms with E-state index >= 15 is 0 Å². The molecule has 0 bridgehead atoms. The van der Waals surface area contributed by atoms with Crippen molar-refractivity contribution in [3.63, 3.8) is 0 Å². The number of rotatable bonds is 0. The van der Waals surface area contributed by atoms with Gasteiger partial charge in [0.25, 0.3) is 6.08 Å². The Hall–Kier alpha value is -1.25. The zero-order valence-corrected chi connectivity index (χ0v) is 6.61. The molecule has 3 heteroatoms. The second kappa shape index (κ2) is 172. The lowest BCUT2D eigenvalue weighted by atomic mass is 11.2. The van der Waals surface area contributed by atoms with Gasteiger partial charge < -0.3 is 0 Å². The van der Waals surface area contributed by atoms with Gasteiger partial charge in [-0.1, -0.05) is 0 Å². The fraction of sp³-hybridized carbons (Fsp3) is 0. The maximum absolute atomic E-state index is 10.1. The highest BCUT2D eigenvalue weighted by atomic mass is 19.3. The molecule has 0 aliphatic heterocycles. The predicted molar refractivity (Wildman–Crippen MR) is 47.6 cm³/mol. The second-order valence-electron chi connectivity index (χ2n) is 0.339. The SMILES string of the molecule is C=C.C=C.C=C.C=C(F)F.F. The van der Waals surface area contributed by atoms with Crippen LogP contribution in [0, 0.1) is 0 Å². The lowest BCUT2D eigenvalue weighted by molar-refractivity contribution is 0.426. The highest BCUT2D eigenvalue weighted by Gasteiger charge is 1.65. The Morgan fingerprint density at radius 3 is 0.727 bits per heavy atom. The van der Waals surface area contributed by atoms with E-state index in [1.54, 1.807) is 0 Å². The number of hydrogen-bond donors (Lipinski definition) is 0. The van der Waals surface area contributed by atoms with Gasteiger partial charge in [-0.25, -0.2) is 0 Å². The first kappa shape index (κ1) is 33.1. The molecule has 0 aliphatic carbocycles. The summed E-state index contributed by atoms with van der Waals surface area (Å²) in [4.78, 5) is 0. The fourth-order valence-corrected chi connectivity index (χ4v) is 0. The molecule has 0 atom stereocenters. The van der Waals surface area contributed by atoms with E-state index in [1.807, 2.05) is 0 Å². The quantitative estimate of drug-likeness (QED) is 0.480. The first-order chi connectivity index (χ1) is 4.73. The van der Waals surface area contributed by atoms with E-state index in [0.29, 0.717) is 0 Å². The van der Waals surface area contributed by atoms with Crippen LogP contribution in [0.1, 0.15) is 0 Å². The monoisotopic (exact) mass is 168 g/mol. The van der Waals surface area contributed by atoms with Crippen LogP contribution in [0.2, 0.25) is 0 Å². The van der Waals surface area contributed by atoms with Gasteiger partial charge in [-0.15, -0.1) is 39.5 Å². The van der Waals surface area contributed by atoms with Crippen molar-refractivity contribution in [3.8, 4) is 0 Å². The van der Waals surface area contributed by atoms with Crippen LogP contribution < -0.4 is 0 Å². The van der Waals surface area contributed by atoms with Crippen LogP contribution in [-0.2, 0) is 0 Å². The zero-order valence-electron chi connectivity index (χ0n) is 6.61. The summed E-state index contributed by atoms with van der Waals surface area (Å²) in [5.74, 6) is 0. The summed E-state index contributed by atoms with van der Waals surface area (Å²) in [5.41, 5.74) is 0. The third kappa shape index (κ3) is 255. The summed E-state index contributed by atoms with van der Waals surface area (Å²) in [5, 5.41) is 0. The van der Waals surface area contributed by atoms with Gasteiger partial charge in [0, 0.05) is 0 Å². The van der Waals surface area contributed by atoms with Crippen molar-refractivity contribution in [3.05, 3.63) is 52.1 Å². The van der Waals surface area contributed by atoms with Crippen molar-refractivity contribution in [2.24, 2.45) is 0 Å². The van der Waals surface area contributed by atoms with E-state index in [-0.39, 0.29) is 4.70 Å². The lowest BCUT2D eigenvalue weighted by Crippen LogP contribution is -1.33. The van der Waals surface area contributed by atoms with Gasteiger partial charge in [-0.05, 0) is 6.58 Å². The summed E-state index contributed by atoms with van der Waals surface area (Å²) in [6.45, 7) is 20.2. The molecule has 0 N–H and O–H groups in total. The van der Waals surface area contributed by atoms with E-state index in [0.717, 1.165) is 0 Å². The van der Waals surface area contributed by atoms with Gasteiger partial charge in [-0.3, -0.25) is 4.70 Å².